The van der Waals surface area contributed by atoms with Crippen LogP contribution in [0.1, 0.15) is 30.5 Å². The minimum atomic E-state index is -3.96. The topological polar surface area (TPSA) is 88.1 Å². The van der Waals surface area contributed by atoms with Gasteiger partial charge in [-0.3, -0.25) is 9.10 Å². The van der Waals surface area contributed by atoms with Crippen LogP contribution in [0.15, 0.2) is 82.8 Å². The van der Waals surface area contributed by atoms with E-state index in [4.69, 9.17) is 4.74 Å². The van der Waals surface area contributed by atoms with E-state index in [1.807, 2.05) is 58.0 Å². The second kappa shape index (κ2) is 11.0. The first-order chi connectivity index (χ1) is 16.2. The molecule has 0 fully saturated rings. The number of benzene rings is 3. The molecule has 1 amide bonds. The Morgan fingerprint density at radius 3 is 2.29 bits per heavy atom. The van der Waals surface area contributed by atoms with Gasteiger partial charge in [-0.15, -0.1) is 0 Å². The van der Waals surface area contributed by atoms with Gasteiger partial charge < -0.3 is 4.74 Å². The van der Waals surface area contributed by atoms with Crippen LogP contribution in [0.25, 0.3) is 0 Å². The first-order valence-electron chi connectivity index (χ1n) is 10.9. The number of hydrogen-bond donors (Lipinski definition) is 1. The van der Waals surface area contributed by atoms with Crippen LogP contribution in [0.4, 0.5) is 5.69 Å². The van der Waals surface area contributed by atoms with E-state index in [2.05, 4.69) is 10.5 Å². The molecule has 0 aliphatic carbocycles. The van der Waals surface area contributed by atoms with Crippen LogP contribution in [0.2, 0.25) is 0 Å². The van der Waals surface area contributed by atoms with E-state index in [1.165, 1.54) is 18.3 Å². The van der Waals surface area contributed by atoms with E-state index in [0.29, 0.717) is 5.69 Å². The molecule has 3 rings (SSSR count). The van der Waals surface area contributed by atoms with Crippen molar-refractivity contribution in [2.45, 2.75) is 38.7 Å². The van der Waals surface area contributed by atoms with Gasteiger partial charge in [-0.2, -0.15) is 5.10 Å². The molecule has 0 aromatic heterocycles. The average Bonchev–Trinajstić information content (AvgIpc) is 2.81. The summed E-state index contributed by atoms with van der Waals surface area (Å²) in [6, 6.07) is 20.6. The monoisotopic (exact) mass is 479 g/mol. The zero-order chi connectivity index (χ0) is 24.7. The van der Waals surface area contributed by atoms with Crippen LogP contribution in [0.3, 0.4) is 0 Å². The Balaban J connectivity index is 1.77. The first kappa shape index (κ1) is 25.0. The Morgan fingerprint density at radius 2 is 1.68 bits per heavy atom. The minimum Gasteiger partial charge on any atom is -0.491 e. The lowest BCUT2D eigenvalue weighted by Crippen LogP contribution is -2.39. The van der Waals surface area contributed by atoms with Crippen molar-refractivity contribution in [2.24, 2.45) is 5.10 Å². The van der Waals surface area contributed by atoms with Crippen molar-refractivity contribution in [3.05, 3.63) is 89.5 Å². The van der Waals surface area contributed by atoms with Crippen molar-refractivity contribution in [1.29, 1.82) is 0 Å². The van der Waals surface area contributed by atoms with Crippen LogP contribution >= 0.6 is 0 Å². The summed E-state index contributed by atoms with van der Waals surface area (Å²) in [4.78, 5) is 12.8. The third kappa shape index (κ3) is 6.45. The van der Waals surface area contributed by atoms with Crippen LogP contribution < -0.4 is 14.5 Å². The molecule has 178 valence electrons. The molecule has 1 N–H and O–H groups in total. The fraction of sp³-hybridized carbons (Fsp3) is 0.231. The normalized spacial score (nSPS) is 11.6. The van der Waals surface area contributed by atoms with Crippen molar-refractivity contribution < 1.29 is 17.9 Å². The maximum atomic E-state index is 13.4. The van der Waals surface area contributed by atoms with Gasteiger partial charge in [0.1, 0.15) is 12.3 Å². The molecule has 0 radical (unpaired) electrons. The summed E-state index contributed by atoms with van der Waals surface area (Å²) in [6.07, 6.45) is 1.56. The lowest BCUT2D eigenvalue weighted by atomic mass is 10.1. The molecule has 8 heteroatoms. The number of ether oxygens (including phenoxy) is 1. The van der Waals surface area contributed by atoms with Crippen molar-refractivity contribution in [1.82, 2.24) is 5.43 Å². The van der Waals surface area contributed by atoms with Gasteiger partial charge in [-0.25, -0.2) is 13.8 Å². The highest BCUT2D eigenvalue weighted by Gasteiger charge is 2.27. The van der Waals surface area contributed by atoms with Crippen molar-refractivity contribution in [3.8, 4) is 5.75 Å². The Bertz CT molecular complexity index is 1250. The zero-order valence-corrected chi connectivity index (χ0v) is 20.5. The van der Waals surface area contributed by atoms with E-state index < -0.39 is 22.5 Å². The largest absolute Gasteiger partial charge is 0.491 e. The smallest absolute Gasteiger partial charge is 0.264 e. The highest BCUT2D eigenvalue weighted by Crippen LogP contribution is 2.25. The molecule has 0 atom stereocenters. The van der Waals surface area contributed by atoms with Crippen LogP contribution in [-0.4, -0.2) is 33.2 Å². The van der Waals surface area contributed by atoms with Gasteiger partial charge in [-0.05, 0) is 92.9 Å². The minimum absolute atomic E-state index is 0.0752. The fourth-order valence-electron chi connectivity index (χ4n) is 3.16. The van der Waals surface area contributed by atoms with E-state index >= 15 is 0 Å². The van der Waals surface area contributed by atoms with Crippen LogP contribution in [0.5, 0.6) is 5.75 Å². The molecule has 34 heavy (non-hydrogen) atoms. The Morgan fingerprint density at radius 1 is 1.00 bits per heavy atom. The third-order valence-corrected chi connectivity index (χ3v) is 6.84. The number of aryl methyl sites for hydroxylation is 2. The number of hydrogen-bond acceptors (Lipinski definition) is 5. The molecule has 3 aromatic carbocycles. The zero-order valence-electron chi connectivity index (χ0n) is 19.7. The second-order valence-electron chi connectivity index (χ2n) is 8.12. The van der Waals surface area contributed by atoms with E-state index in [1.54, 1.807) is 30.3 Å². The van der Waals surface area contributed by atoms with Gasteiger partial charge >= 0.3 is 0 Å². The van der Waals surface area contributed by atoms with Gasteiger partial charge in [0.15, 0.2) is 0 Å². The van der Waals surface area contributed by atoms with Gasteiger partial charge in [0.25, 0.3) is 15.9 Å². The number of nitrogens with one attached hydrogen (secondary N) is 1. The number of carbonyl (C=O) groups excluding carboxylic acids is 1. The van der Waals surface area contributed by atoms with Crippen LogP contribution in [0, 0.1) is 13.8 Å². The fourth-order valence-corrected chi connectivity index (χ4v) is 4.60. The molecule has 0 bridgehead atoms. The highest BCUT2D eigenvalue weighted by molar-refractivity contribution is 7.92. The summed E-state index contributed by atoms with van der Waals surface area (Å²) in [5, 5.41) is 3.98. The quantitative estimate of drug-likeness (QED) is 0.363. The molecule has 0 unspecified atom stereocenters. The molecular formula is C26H29N3O4S. The van der Waals surface area contributed by atoms with E-state index in [-0.39, 0.29) is 11.0 Å². The number of carbonyl (C=O) groups is 1. The summed E-state index contributed by atoms with van der Waals surface area (Å²) < 4.78 is 33.4. The van der Waals surface area contributed by atoms with Gasteiger partial charge in [0, 0.05) is 0 Å². The number of sulfonamides is 1. The highest BCUT2D eigenvalue weighted by atomic mass is 32.2. The Labute approximate surface area is 201 Å². The molecular weight excluding hydrogens is 450 g/mol. The third-order valence-electron chi connectivity index (χ3n) is 5.05. The molecule has 0 spiro atoms. The predicted octanol–water partition coefficient (Wildman–Crippen LogP) is 4.44. The van der Waals surface area contributed by atoms with Crippen molar-refractivity contribution in [3.63, 3.8) is 0 Å². The molecule has 0 saturated carbocycles. The number of nitrogens with zero attached hydrogens (tertiary/aromatic N) is 2. The number of rotatable bonds is 9. The van der Waals surface area contributed by atoms with E-state index in [0.717, 1.165) is 26.7 Å². The summed E-state index contributed by atoms with van der Waals surface area (Å²) in [7, 11) is -3.96. The van der Waals surface area contributed by atoms with Crippen molar-refractivity contribution in [2.75, 3.05) is 10.8 Å². The maximum Gasteiger partial charge on any atom is 0.264 e. The van der Waals surface area contributed by atoms with Crippen molar-refractivity contribution >= 4 is 27.8 Å². The molecule has 0 heterocycles. The summed E-state index contributed by atoms with van der Waals surface area (Å²) in [5.41, 5.74) is 5.55. The summed E-state index contributed by atoms with van der Waals surface area (Å²) in [6.45, 7) is 7.32. The second-order valence-corrected chi connectivity index (χ2v) is 9.98. The molecule has 3 aromatic rings. The molecule has 0 saturated heterocycles. The maximum absolute atomic E-state index is 13.4. The molecule has 0 aliphatic rings. The summed E-state index contributed by atoms with van der Waals surface area (Å²) >= 11 is 0. The van der Waals surface area contributed by atoms with Crippen LogP contribution in [-0.2, 0) is 14.8 Å². The number of anilines is 1. The molecule has 0 aliphatic heterocycles. The lowest BCUT2D eigenvalue weighted by Gasteiger charge is -2.24. The number of amides is 1. The van der Waals surface area contributed by atoms with Gasteiger partial charge in [0.05, 0.1) is 22.9 Å². The van der Waals surface area contributed by atoms with Gasteiger partial charge in [0.2, 0.25) is 0 Å². The molecule has 7 nitrogen and oxygen atoms in total. The Kier molecular flexibility index (Phi) is 8.07. The van der Waals surface area contributed by atoms with E-state index in [9.17, 15) is 13.2 Å². The standard InChI is InChI=1S/C26H29N3O4S/c1-19(2)33-24-14-11-22(12-15-24)17-27-28-26(30)18-29(23-13-10-20(3)21(4)16-23)34(31,32)25-8-6-5-7-9-25/h5-17,19H,18H2,1-4H3,(H,28,30)/b27-17-. The first-order valence-corrected chi connectivity index (χ1v) is 12.3. The lowest BCUT2D eigenvalue weighted by molar-refractivity contribution is -0.119. The predicted molar refractivity (Wildman–Crippen MR) is 135 cm³/mol. The number of hydrazone groups is 1. The summed E-state index contributed by atoms with van der Waals surface area (Å²) in [5.74, 6) is 0.181. The SMILES string of the molecule is Cc1ccc(N(CC(=O)N/N=C\c2ccc(OC(C)C)cc2)S(=O)(=O)c2ccccc2)cc1C. The Hall–Kier alpha value is -3.65. The van der Waals surface area contributed by atoms with Gasteiger partial charge in [-0.1, -0.05) is 24.3 Å². The average molecular weight is 480 g/mol.